The van der Waals surface area contributed by atoms with Crippen LogP contribution in [0.4, 0.5) is 8.78 Å². The van der Waals surface area contributed by atoms with Crippen LogP contribution in [0, 0.1) is 11.6 Å². The van der Waals surface area contributed by atoms with Crippen molar-refractivity contribution in [1.82, 2.24) is 9.78 Å². The highest BCUT2D eigenvalue weighted by Gasteiger charge is 2.13. The summed E-state index contributed by atoms with van der Waals surface area (Å²) in [4.78, 5) is 0. The monoisotopic (exact) mass is 273 g/mol. The van der Waals surface area contributed by atoms with Gasteiger partial charge in [0, 0.05) is 30.7 Å². The highest BCUT2D eigenvalue weighted by atomic mass is 19.1. The molecule has 3 nitrogen and oxygen atoms in total. The summed E-state index contributed by atoms with van der Waals surface area (Å²) in [5.41, 5.74) is 7.27. The van der Waals surface area contributed by atoms with E-state index in [1.807, 2.05) is 31.4 Å². The van der Waals surface area contributed by atoms with Crippen molar-refractivity contribution in [3.63, 3.8) is 0 Å². The van der Waals surface area contributed by atoms with Crippen LogP contribution in [0.2, 0.25) is 0 Å². The largest absolute Gasteiger partial charge is 0.326 e. The molecule has 1 aromatic heterocycles. The molecule has 0 bridgehead atoms. The van der Waals surface area contributed by atoms with Gasteiger partial charge >= 0.3 is 0 Å². The number of nitrogens with zero attached hydrogens (tertiary/aromatic N) is 2. The zero-order valence-corrected chi connectivity index (χ0v) is 10.9. The summed E-state index contributed by atoms with van der Waals surface area (Å²) < 4.78 is 29.4. The van der Waals surface area contributed by atoms with Crippen LogP contribution in [-0.2, 0) is 13.6 Å². The molecule has 3 rings (SSSR count). The minimum absolute atomic E-state index is 0.0906. The van der Waals surface area contributed by atoms with Crippen LogP contribution >= 0.6 is 0 Å². The molecule has 0 radical (unpaired) electrons. The predicted octanol–water partition coefficient (Wildman–Crippen LogP) is 2.98. The number of hydrogen-bond acceptors (Lipinski definition) is 2. The van der Waals surface area contributed by atoms with Gasteiger partial charge in [0.15, 0.2) is 0 Å². The van der Waals surface area contributed by atoms with E-state index in [4.69, 9.17) is 5.73 Å². The van der Waals surface area contributed by atoms with E-state index in [2.05, 4.69) is 5.10 Å². The van der Waals surface area contributed by atoms with Crippen molar-refractivity contribution in [2.75, 3.05) is 0 Å². The topological polar surface area (TPSA) is 43.8 Å². The van der Waals surface area contributed by atoms with Crippen LogP contribution in [0.15, 0.2) is 36.5 Å². The van der Waals surface area contributed by atoms with E-state index in [1.54, 1.807) is 4.68 Å². The first-order valence-electron chi connectivity index (χ1n) is 6.21. The first kappa shape index (κ1) is 12.7. The lowest BCUT2D eigenvalue weighted by Gasteiger charge is -2.07. The zero-order chi connectivity index (χ0) is 14.3. The van der Waals surface area contributed by atoms with Gasteiger partial charge in [0.1, 0.15) is 11.6 Å². The quantitative estimate of drug-likeness (QED) is 0.780. The maximum absolute atomic E-state index is 13.9. The molecule has 0 atom stereocenters. The number of rotatable bonds is 2. The molecule has 20 heavy (non-hydrogen) atoms. The van der Waals surface area contributed by atoms with Gasteiger partial charge in [-0.1, -0.05) is 12.1 Å². The van der Waals surface area contributed by atoms with Crippen molar-refractivity contribution in [2.45, 2.75) is 6.54 Å². The highest BCUT2D eigenvalue weighted by Crippen LogP contribution is 2.30. The molecule has 2 N–H and O–H groups in total. The summed E-state index contributed by atoms with van der Waals surface area (Å²) in [5, 5.41) is 5.14. The van der Waals surface area contributed by atoms with Gasteiger partial charge in [0.25, 0.3) is 0 Å². The standard InChI is InChI=1S/C15H13F2N3/c1-20-8-12-10(3-2-4-15(12)19-20)9-5-13(16)11(7-18)14(17)6-9/h2-6,8H,7,18H2,1H3. The van der Waals surface area contributed by atoms with Crippen molar-refractivity contribution in [3.05, 3.63) is 53.7 Å². The van der Waals surface area contributed by atoms with Crippen molar-refractivity contribution in [1.29, 1.82) is 0 Å². The van der Waals surface area contributed by atoms with E-state index in [0.717, 1.165) is 16.5 Å². The average molecular weight is 273 g/mol. The van der Waals surface area contributed by atoms with E-state index < -0.39 is 11.6 Å². The molecule has 0 fully saturated rings. The molecule has 2 aromatic carbocycles. The average Bonchev–Trinajstić information content (AvgIpc) is 2.78. The van der Waals surface area contributed by atoms with Gasteiger partial charge in [-0.25, -0.2) is 8.78 Å². The molecule has 1 heterocycles. The number of halogens is 2. The Balaban J connectivity index is 2.25. The van der Waals surface area contributed by atoms with Crippen molar-refractivity contribution in [2.24, 2.45) is 12.8 Å². The maximum atomic E-state index is 13.9. The lowest BCUT2D eigenvalue weighted by Crippen LogP contribution is -2.03. The Hall–Kier alpha value is -2.27. The van der Waals surface area contributed by atoms with Gasteiger partial charge in [-0.05, 0) is 29.3 Å². The Morgan fingerprint density at radius 3 is 2.55 bits per heavy atom. The van der Waals surface area contributed by atoms with Crippen LogP contribution in [-0.4, -0.2) is 9.78 Å². The van der Waals surface area contributed by atoms with Crippen LogP contribution in [0.5, 0.6) is 0 Å². The van der Waals surface area contributed by atoms with Gasteiger partial charge in [-0.3, -0.25) is 4.68 Å². The number of benzene rings is 2. The lowest BCUT2D eigenvalue weighted by atomic mass is 10.00. The fraction of sp³-hybridized carbons (Fsp3) is 0.133. The maximum Gasteiger partial charge on any atom is 0.131 e. The van der Waals surface area contributed by atoms with E-state index in [0.29, 0.717) is 5.56 Å². The van der Waals surface area contributed by atoms with E-state index in [-0.39, 0.29) is 12.1 Å². The molecule has 0 saturated heterocycles. The molecule has 0 unspecified atom stereocenters. The van der Waals surface area contributed by atoms with Crippen molar-refractivity contribution in [3.8, 4) is 11.1 Å². The molecule has 0 aliphatic carbocycles. The third-order valence-electron chi connectivity index (χ3n) is 3.32. The molecule has 5 heteroatoms. The summed E-state index contributed by atoms with van der Waals surface area (Å²) >= 11 is 0. The molecule has 0 saturated carbocycles. The normalized spacial score (nSPS) is 11.2. The van der Waals surface area contributed by atoms with Gasteiger partial charge < -0.3 is 5.73 Å². The third-order valence-corrected chi connectivity index (χ3v) is 3.32. The number of nitrogens with two attached hydrogens (primary N) is 1. The number of aryl methyl sites for hydroxylation is 1. The first-order chi connectivity index (χ1) is 9.60. The second kappa shape index (κ2) is 4.68. The molecule has 0 amide bonds. The van der Waals surface area contributed by atoms with Crippen LogP contribution in [0.25, 0.3) is 22.0 Å². The Bertz CT molecular complexity index is 770. The van der Waals surface area contributed by atoms with Gasteiger partial charge in [0.2, 0.25) is 0 Å². The second-order valence-corrected chi connectivity index (χ2v) is 4.66. The lowest BCUT2D eigenvalue weighted by molar-refractivity contribution is 0.558. The smallest absolute Gasteiger partial charge is 0.131 e. The first-order valence-corrected chi connectivity index (χ1v) is 6.21. The van der Waals surface area contributed by atoms with Crippen molar-refractivity contribution < 1.29 is 8.78 Å². The SMILES string of the molecule is Cn1cc2c(-c3cc(F)c(CN)c(F)c3)cccc2n1. The minimum Gasteiger partial charge on any atom is -0.326 e. The molecule has 0 aliphatic heterocycles. The minimum atomic E-state index is -0.622. The molecular formula is C15H13F2N3. The summed E-state index contributed by atoms with van der Waals surface area (Å²) in [7, 11) is 1.81. The number of hydrogen-bond donors (Lipinski definition) is 1. The Morgan fingerprint density at radius 1 is 1.20 bits per heavy atom. The van der Waals surface area contributed by atoms with Gasteiger partial charge in [-0.2, -0.15) is 5.10 Å². The molecule has 0 spiro atoms. The Morgan fingerprint density at radius 2 is 1.90 bits per heavy atom. The second-order valence-electron chi connectivity index (χ2n) is 4.66. The summed E-state index contributed by atoms with van der Waals surface area (Å²) in [5.74, 6) is -1.24. The van der Waals surface area contributed by atoms with E-state index >= 15 is 0 Å². The Labute approximate surface area is 114 Å². The highest BCUT2D eigenvalue weighted by molar-refractivity contribution is 5.94. The molecular weight excluding hydrogens is 260 g/mol. The number of fused-ring (bicyclic) bond motifs is 1. The van der Waals surface area contributed by atoms with Crippen LogP contribution in [0.3, 0.4) is 0 Å². The summed E-state index contributed by atoms with van der Waals surface area (Å²) in [6, 6.07) is 8.12. The van der Waals surface area contributed by atoms with Crippen LogP contribution in [0.1, 0.15) is 5.56 Å². The van der Waals surface area contributed by atoms with Crippen molar-refractivity contribution >= 4 is 10.9 Å². The van der Waals surface area contributed by atoms with Crippen LogP contribution < -0.4 is 5.73 Å². The third kappa shape index (κ3) is 1.96. The van der Waals surface area contributed by atoms with E-state index in [9.17, 15) is 8.78 Å². The Kier molecular flexibility index (Phi) is 2.99. The van der Waals surface area contributed by atoms with Gasteiger partial charge in [0.05, 0.1) is 5.52 Å². The van der Waals surface area contributed by atoms with E-state index in [1.165, 1.54) is 12.1 Å². The molecule has 102 valence electrons. The summed E-state index contributed by atoms with van der Waals surface area (Å²) in [6.07, 6.45) is 1.83. The molecule has 0 aliphatic rings. The predicted molar refractivity (Wildman–Crippen MR) is 74.0 cm³/mol. The molecule has 3 aromatic rings. The fourth-order valence-electron chi connectivity index (χ4n) is 2.37. The van der Waals surface area contributed by atoms with Gasteiger partial charge in [-0.15, -0.1) is 0 Å². The fourth-order valence-corrected chi connectivity index (χ4v) is 2.37. The summed E-state index contributed by atoms with van der Waals surface area (Å²) in [6.45, 7) is -0.158. The zero-order valence-electron chi connectivity index (χ0n) is 10.9. The number of aromatic nitrogens is 2.